The number of nitrogens with zero attached hydrogens (tertiary/aromatic N) is 1. The van der Waals surface area contributed by atoms with E-state index in [9.17, 15) is 14.9 Å². The molecule has 0 radical (unpaired) electrons. The molecule has 0 spiro atoms. The number of ether oxygens (including phenoxy) is 2. The van der Waals surface area contributed by atoms with E-state index in [2.05, 4.69) is 10.6 Å². The molecule has 0 saturated heterocycles. The summed E-state index contributed by atoms with van der Waals surface area (Å²) in [5.74, 6) is 0.514. The molecule has 8 nitrogen and oxygen atoms in total. The minimum Gasteiger partial charge on any atom is -0.495 e. The van der Waals surface area contributed by atoms with Crippen LogP contribution in [-0.4, -0.2) is 31.1 Å². The van der Waals surface area contributed by atoms with Crippen molar-refractivity contribution in [3.8, 4) is 11.5 Å². The molecule has 0 aliphatic rings. The van der Waals surface area contributed by atoms with Crippen molar-refractivity contribution in [2.45, 2.75) is 13.0 Å². The first-order valence-electron chi connectivity index (χ1n) is 7.49. The van der Waals surface area contributed by atoms with Crippen LogP contribution in [-0.2, 0) is 4.79 Å². The van der Waals surface area contributed by atoms with Gasteiger partial charge in [0.2, 0.25) is 5.91 Å². The van der Waals surface area contributed by atoms with Crippen molar-refractivity contribution in [3.63, 3.8) is 0 Å². The number of methoxy groups -OCH3 is 2. The van der Waals surface area contributed by atoms with Crippen molar-refractivity contribution in [3.05, 3.63) is 52.6 Å². The third kappa shape index (κ3) is 4.37. The molecule has 0 fully saturated rings. The third-order valence-corrected chi connectivity index (χ3v) is 3.53. The van der Waals surface area contributed by atoms with Crippen LogP contribution in [0.2, 0.25) is 0 Å². The van der Waals surface area contributed by atoms with Gasteiger partial charge < -0.3 is 20.1 Å². The molecule has 2 rings (SSSR count). The Labute approximate surface area is 144 Å². The summed E-state index contributed by atoms with van der Waals surface area (Å²) in [6.07, 6.45) is 0. The number of para-hydroxylation sites is 2. The van der Waals surface area contributed by atoms with Crippen LogP contribution in [0.4, 0.5) is 17.1 Å². The Bertz CT molecular complexity index is 779. The average molecular weight is 345 g/mol. The minimum atomic E-state index is -0.573. The van der Waals surface area contributed by atoms with Crippen LogP contribution >= 0.6 is 0 Å². The first-order valence-corrected chi connectivity index (χ1v) is 7.49. The van der Waals surface area contributed by atoms with Crippen molar-refractivity contribution in [1.82, 2.24) is 0 Å². The van der Waals surface area contributed by atoms with Crippen molar-refractivity contribution in [2.75, 3.05) is 24.9 Å². The van der Waals surface area contributed by atoms with Crippen molar-refractivity contribution >= 4 is 23.0 Å². The topological polar surface area (TPSA) is 103 Å². The van der Waals surface area contributed by atoms with E-state index < -0.39 is 11.0 Å². The standard InChI is InChI=1S/C17H19N3O5/c1-11(18-13-6-4-5-7-15(13)24-2)17(21)19-14-9-8-12(20(22)23)10-16(14)25-3/h4-11,18H,1-3H3,(H,19,21)/t11-/m1/s1. The molecular weight excluding hydrogens is 326 g/mol. The number of benzene rings is 2. The number of hydrogen-bond donors (Lipinski definition) is 2. The van der Waals surface area contributed by atoms with E-state index in [0.717, 1.165) is 0 Å². The number of nitro groups is 1. The van der Waals surface area contributed by atoms with Crippen LogP contribution < -0.4 is 20.1 Å². The van der Waals surface area contributed by atoms with Gasteiger partial charge in [0.25, 0.3) is 5.69 Å². The predicted molar refractivity (Wildman–Crippen MR) is 94.4 cm³/mol. The van der Waals surface area contributed by atoms with E-state index in [0.29, 0.717) is 17.1 Å². The Morgan fingerprint density at radius 1 is 1.08 bits per heavy atom. The van der Waals surface area contributed by atoms with Crippen molar-refractivity contribution in [2.24, 2.45) is 0 Å². The summed E-state index contributed by atoms with van der Waals surface area (Å²) in [6, 6.07) is 10.7. The fourth-order valence-corrected chi connectivity index (χ4v) is 2.20. The van der Waals surface area contributed by atoms with E-state index in [-0.39, 0.29) is 17.3 Å². The highest BCUT2D eigenvalue weighted by Gasteiger charge is 2.18. The largest absolute Gasteiger partial charge is 0.495 e. The fraction of sp³-hybridized carbons (Fsp3) is 0.235. The van der Waals surface area contributed by atoms with Gasteiger partial charge in [-0.25, -0.2) is 0 Å². The molecule has 1 atom stereocenters. The summed E-state index contributed by atoms with van der Waals surface area (Å²) in [5, 5.41) is 16.6. The first-order chi connectivity index (χ1) is 12.0. The summed E-state index contributed by atoms with van der Waals surface area (Å²) in [4.78, 5) is 22.7. The highest BCUT2D eigenvalue weighted by molar-refractivity contribution is 5.97. The van der Waals surface area contributed by atoms with Gasteiger partial charge >= 0.3 is 0 Å². The number of hydrogen-bond acceptors (Lipinski definition) is 6. The summed E-state index contributed by atoms with van der Waals surface area (Å²) < 4.78 is 10.4. The molecule has 0 aromatic heterocycles. The smallest absolute Gasteiger partial charge is 0.273 e. The zero-order valence-electron chi connectivity index (χ0n) is 14.1. The van der Waals surface area contributed by atoms with E-state index in [1.165, 1.54) is 25.3 Å². The minimum absolute atomic E-state index is 0.116. The van der Waals surface area contributed by atoms with Crippen LogP contribution in [0.3, 0.4) is 0 Å². The molecule has 8 heteroatoms. The Kier molecular flexibility index (Phi) is 5.78. The van der Waals surface area contributed by atoms with Crippen LogP contribution in [0.1, 0.15) is 6.92 Å². The monoisotopic (exact) mass is 345 g/mol. The Balaban J connectivity index is 2.12. The number of non-ortho nitro benzene ring substituents is 1. The summed E-state index contributed by atoms with van der Waals surface area (Å²) in [6.45, 7) is 1.69. The Morgan fingerprint density at radius 2 is 1.76 bits per heavy atom. The van der Waals surface area contributed by atoms with Crippen molar-refractivity contribution < 1.29 is 19.2 Å². The molecule has 0 unspecified atom stereocenters. The lowest BCUT2D eigenvalue weighted by Crippen LogP contribution is -2.32. The van der Waals surface area contributed by atoms with Crippen LogP contribution in [0, 0.1) is 10.1 Å². The quantitative estimate of drug-likeness (QED) is 0.590. The highest BCUT2D eigenvalue weighted by Crippen LogP contribution is 2.29. The molecule has 0 saturated carbocycles. The number of anilines is 2. The number of rotatable bonds is 7. The second-order valence-electron chi connectivity index (χ2n) is 5.20. The number of amides is 1. The van der Waals surface area contributed by atoms with Gasteiger partial charge in [-0.1, -0.05) is 12.1 Å². The lowest BCUT2D eigenvalue weighted by atomic mass is 10.2. The molecule has 132 valence electrons. The molecule has 2 aromatic rings. The second kappa shape index (κ2) is 8.00. The normalized spacial score (nSPS) is 11.3. The Hall–Kier alpha value is -3.29. The van der Waals surface area contributed by atoms with Crippen LogP contribution in [0.25, 0.3) is 0 Å². The summed E-state index contributed by atoms with van der Waals surface area (Å²) in [7, 11) is 2.93. The van der Waals surface area contributed by atoms with Gasteiger partial charge in [-0.3, -0.25) is 14.9 Å². The maximum absolute atomic E-state index is 12.4. The highest BCUT2D eigenvalue weighted by atomic mass is 16.6. The molecule has 2 N–H and O–H groups in total. The lowest BCUT2D eigenvalue weighted by molar-refractivity contribution is -0.384. The van der Waals surface area contributed by atoms with Gasteiger partial charge in [-0.05, 0) is 25.1 Å². The molecular formula is C17H19N3O5. The third-order valence-electron chi connectivity index (χ3n) is 3.53. The average Bonchev–Trinajstić information content (AvgIpc) is 2.62. The van der Waals surface area contributed by atoms with Crippen molar-refractivity contribution in [1.29, 1.82) is 0 Å². The van der Waals surface area contributed by atoms with Gasteiger partial charge in [0.1, 0.15) is 17.5 Å². The van der Waals surface area contributed by atoms with Gasteiger partial charge in [0.05, 0.1) is 36.6 Å². The number of carbonyl (C=O) groups excluding carboxylic acids is 1. The number of nitro benzene ring substituents is 1. The number of nitrogens with one attached hydrogen (secondary N) is 2. The van der Waals surface area contributed by atoms with Gasteiger partial charge in [0.15, 0.2) is 0 Å². The maximum atomic E-state index is 12.4. The zero-order valence-corrected chi connectivity index (χ0v) is 14.1. The van der Waals surface area contributed by atoms with E-state index in [1.54, 1.807) is 26.2 Å². The zero-order chi connectivity index (χ0) is 18.4. The van der Waals surface area contributed by atoms with Gasteiger partial charge in [-0.15, -0.1) is 0 Å². The first kappa shape index (κ1) is 18.1. The predicted octanol–water partition coefficient (Wildman–Crippen LogP) is 3.05. The van der Waals surface area contributed by atoms with E-state index >= 15 is 0 Å². The summed E-state index contributed by atoms with van der Waals surface area (Å²) >= 11 is 0. The van der Waals surface area contributed by atoms with Crippen LogP contribution in [0.15, 0.2) is 42.5 Å². The molecule has 0 aliphatic carbocycles. The second-order valence-corrected chi connectivity index (χ2v) is 5.20. The lowest BCUT2D eigenvalue weighted by Gasteiger charge is -2.18. The maximum Gasteiger partial charge on any atom is 0.273 e. The summed E-state index contributed by atoms with van der Waals surface area (Å²) in [5.41, 5.74) is 0.921. The van der Waals surface area contributed by atoms with Gasteiger partial charge in [0, 0.05) is 6.07 Å². The molecule has 0 bridgehead atoms. The molecule has 1 amide bonds. The molecule has 0 aliphatic heterocycles. The SMILES string of the molecule is COc1cc([N+](=O)[O-])ccc1NC(=O)[C@@H](C)Nc1ccccc1OC. The molecule has 2 aromatic carbocycles. The Morgan fingerprint density at radius 3 is 2.40 bits per heavy atom. The fourth-order valence-electron chi connectivity index (χ4n) is 2.20. The number of carbonyl (C=O) groups is 1. The van der Waals surface area contributed by atoms with E-state index in [4.69, 9.17) is 9.47 Å². The van der Waals surface area contributed by atoms with Crippen LogP contribution in [0.5, 0.6) is 11.5 Å². The molecule has 0 heterocycles. The van der Waals surface area contributed by atoms with Gasteiger partial charge in [-0.2, -0.15) is 0 Å². The van der Waals surface area contributed by atoms with E-state index in [1.807, 2.05) is 12.1 Å². The molecule has 25 heavy (non-hydrogen) atoms.